The Bertz CT molecular complexity index is 433. The zero-order valence-corrected chi connectivity index (χ0v) is 15.4. The second-order valence-electron chi connectivity index (χ2n) is 7.91. The molecule has 0 bridgehead atoms. The van der Waals surface area contributed by atoms with Crippen molar-refractivity contribution in [2.75, 3.05) is 33.4 Å². The molecule has 6 nitrogen and oxygen atoms in total. The van der Waals surface area contributed by atoms with Crippen molar-refractivity contribution in [2.24, 2.45) is 11.3 Å². The third-order valence-electron chi connectivity index (χ3n) is 5.60. The number of urea groups is 1. The molecule has 2 aliphatic rings. The van der Waals surface area contributed by atoms with Crippen LogP contribution in [0.5, 0.6) is 0 Å². The highest BCUT2D eigenvalue weighted by Crippen LogP contribution is 2.30. The van der Waals surface area contributed by atoms with E-state index < -0.39 is 0 Å². The van der Waals surface area contributed by atoms with E-state index >= 15 is 0 Å². The van der Waals surface area contributed by atoms with Gasteiger partial charge in [-0.25, -0.2) is 4.79 Å². The molecule has 0 unspecified atom stereocenters. The highest BCUT2D eigenvalue weighted by Gasteiger charge is 2.31. The first-order valence-corrected chi connectivity index (χ1v) is 9.23. The van der Waals surface area contributed by atoms with Crippen molar-refractivity contribution in [1.29, 1.82) is 0 Å². The number of carbonyl (C=O) groups excluding carboxylic acids is 2. The number of rotatable bonds is 5. The molecule has 24 heavy (non-hydrogen) atoms. The lowest BCUT2D eigenvalue weighted by Crippen LogP contribution is -2.51. The smallest absolute Gasteiger partial charge is 0.321 e. The number of nitrogens with one attached hydrogen (secondary N) is 2. The van der Waals surface area contributed by atoms with Crippen molar-refractivity contribution in [3.63, 3.8) is 0 Å². The van der Waals surface area contributed by atoms with Crippen LogP contribution in [-0.4, -0.2) is 56.2 Å². The summed E-state index contributed by atoms with van der Waals surface area (Å²) in [6, 6.07) is -0.156. The van der Waals surface area contributed by atoms with Gasteiger partial charge in [-0.3, -0.25) is 15.0 Å². The number of nitrogens with zero attached hydrogens (tertiary/aromatic N) is 1. The zero-order chi connectivity index (χ0) is 17.6. The third-order valence-corrected chi connectivity index (χ3v) is 5.60. The molecule has 1 heterocycles. The van der Waals surface area contributed by atoms with Crippen LogP contribution in [0.1, 0.15) is 52.4 Å². The maximum Gasteiger partial charge on any atom is 0.321 e. The quantitative estimate of drug-likeness (QED) is 0.805. The Morgan fingerprint density at radius 3 is 2.50 bits per heavy atom. The van der Waals surface area contributed by atoms with E-state index in [1.54, 1.807) is 7.11 Å². The predicted octanol–water partition coefficient (Wildman–Crippen LogP) is 2.14. The molecule has 6 heteroatoms. The average molecular weight is 339 g/mol. The van der Waals surface area contributed by atoms with Crippen LogP contribution in [0.15, 0.2) is 0 Å². The Kier molecular flexibility index (Phi) is 7.04. The second-order valence-corrected chi connectivity index (χ2v) is 7.91. The normalized spacial score (nSPS) is 27.5. The van der Waals surface area contributed by atoms with Gasteiger partial charge < -0.3 is 10.1 Å². The van der Waals surface area contributed by atoms with E-state index in [4.69, 9.17) is 4.74 Å². The van der Waals surface area contributed by atoms with Gasteiger partial charge in [-0.05, 0) is 50.1 Å². The summed E-state index contributed by atoms with van der Waals surface area (Å²) in [5.41, 5.74) is 0.205. The van der Waals surface area contributed by atoms with Crippen molar-refractivity contribution >= 4 is 11.9 Å². The molecule has 0 spiro atoms. The van der Waals surface area contributed by atoms with Crippen LogP contribution in [0.2, 0.25) is 0 Å². The summed E-state index contributed by atoms with van der Waals surface area (Å²) < 4.78 is 5.28. The largest absolute Gasteiger partial charge is 0.384 e. The Hall–Kier alpha value is -1.14. The number of hydrogen-bond donors (Lipinski definition) is 2. The van der Waals surface area contributed by atoms with Gasteiger partial charge in [0, 0.05) is 13.2 Å². The van der Waals surface area contributed by atoms with Crippen LogP contribution in [0.4, 0.5) is 4.79 Å². The molecule has 2 fully saturated rings. The average Bonchev–Trinajstić information content (AvgIpc) is 2.52. The highest BCUT2D eigenvalue weighted by molar-refractivity contribution is 5.95. The topological polar surface area (TPSA) is 70.7 Å². The summed E-state index contributed by atoms with van der Waals surface area (Å²) in [6.07, 6.45) is 6.56. The monoisotopic (exact) mass is 339 g/mol. The maximum atomic E-state index is 12.1. The van der Waals surface area contributed by atoms with Crippen LogP contribution in [0, 0.1) is 11.3 Å². The van der Waals surface area contributed by atoms with E-state index in [1.807, 2.05) is 0 Å². The standard InChI is InChI=1S/C18H33N3O3/c1-14-6-4-5-7-15(14)19-17(23)20-16(22)12-21-10-8-18(2,9-11-21)13-24-3/h14-15H,4-13H2,1-3H3,(H2,19,20,22,23)/t14-,15-/m1/s1. The molecular formula is C18H33N3O3. The van der Waals surface area contributed by atoms with Gasteiger partial charge in [-0.2, -0.15) is 0 Å². The SMILES string of the molecule is COCC1(C)CCN(CC(=O)NC(=O)N[C@@H]2CCCC[C@H]2C)CC1. The summed E-state index contributed by atoms with van der Waals surface area (Å²) in [5.74, 6) is 0.270. The lowest BCUT2D eigenvalue weighted by Gasteiger charge is -2.38. The van der Waals surface area contributed by atoms with Gasteiger partial charge in [0.15, 0.2) is 0 Å². The van der Waals surface area contributed by atoms with Crippen LogP contribution in [-0.2, 0) is 9.53 Å². The van der Waals surface area contributed by atoms with Crippen molar-refractivity contribution < 1.29 is 14.3 Å². The van der Waals surface area contributed by atoms with E-state index in [2.05, 4.69) is 29.4 Å². The number of piperidine rings is 1. The first-order valence-electron chi connectivity index (χ1n) is 9.23. The fourth-order valence-corrected chi connectivity index (χ4v) is 3.85. The summed E-state index contributed by atoms with van der Waals surface area (Å²) in [6.45, 7) is 7.18. The van der Waals surface area contributed by atoms with Gasteiger partial charge in [-0.15, -0.1) is 0 Å². The number of amides is 3. The van der Waals surface area contributed by atoms with Gasteiger partial charge >= 0.3 is 6.03 Å². The minimum absolute atomic E-state index is 0.191. The Balaban J connectivity index is 1.68. The molecule has 3 amide bonds. The van der Waals surface area contributed by atoms with E-state index in [-0.39, 0.29) is 29.9 Å². The molecule has 0 aromatic rings. The molecule has 1 aliphatic heterocycles. The summed E-state index contributed by atoms with van der Waals surface area (Å²) >= 11 is 0. The minimum atomic E-state index is -0.347. The van der Waals surface area contributed by atoms with Gasteiger partial charge in [0.05, 0.1) is 13.2 Å². The molecule has 2 N–H and O–H groups in total. The molecule has 0 aromatic heterocycles. The van der Waals surface area contributed by atoms with E-state index in [9.17, 15) is 9.59 Å². The highest BCUT2D eigenvalue weighted by atomic mass is 16.5. The number of imide groups is 1. The number of ether oxygens (including phenoxy) is 1. The predicted molar refractivity (Wildman–Crippen MR) is 93.8 cm³/mol. The third kappa shape index (κ3) is 5.74. The number of carbonyl (C=O) groups is 2. The Morgan fingerprint density at radius 1 is 1.21 bits per heavy atom. The fraction of sp³-hybridized carbons (Fsp3) is 0.889. The van der Waals surface area contributed by atoms with Crippen LogP contribution in [0.3, 0.4) is 0 Å². The molecule has 2 rings (SSSR count). The first kappa shape index (κ1) is 19.2. The maximum absolute atomic E-state index is 12.1. The molecular weight excluding hydrogens is 306 g/mol. The Morgan fingerprint density at radius 2 is 1.88 bits per heavy atom. The van der Waals surface area contributed by atoms with E-state index in [1.165, 1.54) is 6.42 Å². The second kappa shape index (κ2) is 8.81. The zero-order valence-electron chi connectivity index (χ0n) is 15.4. The van der Waals surface area contributed by atoms with Gasteiger partial charge in [0.2, 0.25) is 5.91 Å². The minimum Gasteiger partial charge on any atom is -0.384 e. The summed E-state index contributed by atoms with van der Waals surface area (Å²) in [7, 11) is 1.73. The molecule has 1 saturated heterocycles. The lowest BCUT2D eigenvalue weighted by atomic mass is 9.81. The van der Waals surface area contributed by atoms with E-state index in [0.29, 0.717) is 5.92 Å². The Labute approximate surface area is 145 Å². The van der Waals surface area contributed by atoms with Crippen molar-refractivity contribution in [3.05, 3.63) is 0 Å². The number of hydrogen-bond acceptors (Lipinski definition) is 4. The van der Waals surface area contributed by atoms with Crippen LogP contribution < -0.4 is 10.6 Å². The molecule has 1 aliphatic carbocycles. The molecule has 0 aromatic carbocycles. The van der Waals surface area contributed by atoms with Crippen molar-refractivity contribution in [3.8, 4) is 0 Å². The van der Waals surface area contributed by atoms with Crippen LogP contribution in [0.25, 0.3) is 0 Å². The van der Waals surface area contributed by atoms with E-state index in [0.717, 1.165) is 51.8 Å². The molecule has 2 atom stereocenters. The fourth-order valence-electron chi connectivity index (χ4n) is 3.85. The number of methoxy groups -OCH3 is 1. The molecule has 0 radical (unpaired) electrons. The first-order chi connectivity index (χ1) is 11.4. The molecule has 138 valence electrons. The van der Waals surface area contributed by atoms with Crippen molar-refractivity contribution in [2.45, 2.75) is 58.4 Å². The van der Waals surface area contributed by atoms with Gasteiger partial charge in [0.1, 0.15) is 0 Å². The lowest BCUT2D eigenvalue weighted by molar-refractivity contribution is -0.121. The van der Waals surface area contributed by atoms with Gasteiger partial charge in [-0.1, -0.05) is 26.7 Å². The van der Waals surface area contributed by atoms with Gasteiger partial charge in [0.25, 0.3) is 0 Å². The van der Waals surface area contributed by atoms with Crippen molar-refractivity contribution in [1.82, 2.24) is 15.5 Å². The molecule has 1 saturated carbocycles. The van der Waals surface area contributed by atoms with Crippen LogP contribution >= 0.6 is 0 Å². The summed E-state index contributed by atoms with van der Waals surface area (Å²) in [5, 5.41) is 5.45. The summed E-state index contributed by atoms with van der Waals surface area (Å²) in [4.78, 5) is 26.2. The number of likely N-dealkylation sites (tertiary alicyclic amines) is 1.